The fourth-order valence-corrected chi connectivity index (χ4v) is 2.62. The maximum atomic E-state index is 11.7. The Hall–Kier alpha value is -2.15. The van der Waals surface area contributed by atoms with E-state index in [0.29, 0.717) is 17.3 Å². The molecule has 0 spiro atoms. The predicted molar refractivity (Wildman–Crippen MR) is 82.9 cm³/mol. The van der Waals surface area contributed by atoms with Gasteiger partial charge in [-0.2, -0.15) is 0 Å². The van der Waals surface area contributed by atoms with Gasteiger partial charge in [-0.3, -0.25) is 5.32 Å². The number of benzene rings is 1. The highest BCUT2D eigenvalue weighted by atomic mass is 32.1. The number of fused-ring (bicyclic) bond motifs is 1. The number of aromatic nitrogens is 1. The molecule has 1 heterocycles. The molecule has 0 radical (unpaired) electrons. The molecule has 0 atom stereocenters. The van der Waals surface area contributed by atoms with Crippen molar-refractivity contribution in [3.63, 3.8) is 0 Å². The first kappa shape index (κ1) is 15.2. The first-order valence-corrected chi connectivity index (χ1v) is 7.46. The summed E-state index contributed by atoms with van der Waals surface area (Å²) in [6.07, 6.45) is 0. The Bertz CT molecular complexity index is 667. The molecule has 2 N–H and O–H groups in total. The van der Waals surface area contributed by atoms with E-state index in [1.807, 2.05) is 13.8 Å². The fraction of sp³-hybridized carbons (Fsp3) is 0.357. The number of hydrogen-bond donors (Lipinski definition) is 2. The van der Waals surface area contributed by atoms with Crippen molar-refractivity contribution in [2.45, 2.75) is 26.8 Å². The van der Waals surface area contributed by atoms with Crippen molar-refractivity contribution in [2.24, 2.45) is 0 Å². The Kier molecular flexibility index (Phi) is 4.74. The fourth-order valence-electron chi connectivity index (χ4n) is 1.71. The Morgan fingerprint density at radius 1 is 1.38 bits per heavy atom. The van der Waals surface area contributed by atoms with Crippen LogP contribution in [0.25, 0.3) is 10.2 Å². The topological polar surface area (TPSA) is 80.3 Å². The van der Waals surface area contributed by atoms with Crippen LogP contribution in [0, 0.1) is 0 Å². The van der Waals surface area contributed by atoms with E-state index in [-0.39, 0.29) is 18.0 Å². The van der Waals surface area contributed by atoms with Gasteiger partial charge < -0.3 is 10.1 Å². The molecule has 0 aliphatic carbocycles. The number of esters is 1. The van der Waals surface area contributed by atoms with E-state index < -0.39 is 0 Å². The molecule has 2 rings (SSSR count). The van der Waals surface area contributed by atoms with Crippen molar-refractivity contribution in [2.75, 3.05) is 11.9 Å². The van der Waals surface area contributed by atoms with Gasteiger partial charge in [0.25, 0.3) is 0 Å². The number of nitrogens with zero attached hydrogens (tertiary/aromatic N) is 1. The smallest absolute Gasteiger partial charge is 0.338 e. The van der Waals surface area contributed by atoms with Crippen LogP contribution in [0.5, 0.6) is 0 Å². The second-order valence-corrected chi connectivity index (χ2v) is 5.71. The standard InChI is InChI=1S/C14H17N3O3S/c1-4-20-12(18)9-5-6-10-11(7-9)21-14(16-10)17-13(19)15-8(2)3/h5-8H,4H2,1-3H3,(H2,15,16,17,19). The van der Waals surface area contributed by atoms with Crippen molar-refractivity contribution >= 4 is 38.7 Å². The van der Waals surface area contributed by atoms with E-state index in [9.17, 15) is 9.59 Å². The van der Waals surface area contributed by atoms with Crippen molar-refractivity contribution in [1.82, 2.24) is 10.3 Å². The number of hydrogen-bond acceptors (Lipinski definition) is 5. The van der Waals surface area contributed by atoms with Gasteiger partial charge >= 0.3 is 12.0 Å². The molecular formula is C14H17N3O3S. The van der Waals surface area contributed by atoms with E-state index in [4.69, 9.17) is 4.74 Å². The summed E-state index contributed by atoms with van der Waals surface area (Å²) in [6.45, 7) is 5.85. The minimum absolute atomic E-state index is 0.0507. The van der Waals surface area contributed by atoms with Gasteiger partial charge in [-0.05, 0) is 39.0 Å². The van der Waals surface area contributed by atoms with Gasteiger partial charge in [0, 0.05) is 6.04 Å². The number of urea groups is 1. The zero-order valence-corrected chi connectivity index (χ0v) is 12.9. The lowest BCUT2D eigenvalue weighted by atomic mass is 10.2. The molecule has 21 heavy (non-hydrogen) atoms. The van der Waals surface area contributed by atoms with E-state index >= 15 is 0 Å². The van der Waals surface area contributed by atoms with Crippen LogP contribution in [-0.2, 0) is 4.74 Å². The highest BCUT2D eigenvalue weighted by molar-refractivity contribution is 7.22. The molecule has 0 unspecified atom stereocenters. The van der Waals surface area contributed by atoms with Crippen molar-refractivity contribution in [3.8, 4) is 0 Å². The summed E-state index contributed by atoms with van der Waals surface area (Å²) in [5, 5.41) is 5.89. The molecule has 6 nitrogen and oxygen atoms in total. The monoisotopic (exact) mass is 307 g/mol. The Morgan fingerprint density at radius 3 is 2.81 bits per heavy atom. The number of anilines is 1. The largest absolute Gasteiger partial charge is 0.462 e. The third-order valence-electron chi connectivity index (χ3n) is 2.54. The second kappa shape index (κ2) is 6.53. The minimum atomic E-state index is -0.361. The zero-order valence-electron chi connectivity index (χ0n) is 12.1. The molecule has 0 saturated heterocycles. The van der Waals surface area contributed by atoms with E-state index in [0.717, 1.165) is 10.2 Å². The van der Waals surface area contributed by atoms with Crippen LogP contribution in [0.1, 0.15) is 31.1 Å². The van der Waals surface area contributed by atoms with Gasteiger partial charge in [-0.15, -0.1) is 0 Å². The van der Waals surface area contributed by atoms with Gasteiger partial charge in [0.1, 0.15) is 0 Å². The van der Waals surface area contributed by atoms with Gasteiger partial charge in [0.05, 0.1) is 22.4 Å². The van der Waals surface area contributed by atoms with Crippen LogP contribution < -0.4 is 10.6 Å². The van der Waals surface area contributed by atoms with E-state index in [2.05, 4.69) is 15.6 Å². The average Bonchev–Trinajstić information content (AvgIpc) is 2.78. The summed E-state index contributed by atoms with van der Waals surface area (Å²) in [5.74, 6) is -0.361. The SMILES string of the molecule is CCOC(=O)c1ccc2nc(NC(=O)NC(C)C)sc2c1. The lowest BCUT2D eigenvalue weighted by Gasteiger charge is -2.07. The Balaban J connectivity index is 2.18. The summed E-state index contributed by atoms with van der Waals surface area (Å²) >= 11 is 1.31. The Morgan fingerprint density at radius 2 is 2.14 bits per heavy atom. The maximum Gasteiger partial charge on any atom is 0.338 e. The minimum Gasteiger partial charge on any atom is -0.462 e. The van der Waals surface area contributed by atoms with Gasteiger partial charge in [-0.25, -0.2) is 14.6 Å². The van der Waals surface area contributed by atoms with Crippen LogP contribution in [-0.4, -0.2) is 29.6 Å². The normalized spacial score (nSPS) is 10.7. The summed E-state index contributed by atoms with van der Waals surface area (Å²) < 4.78 is 5.78. The number of carbonyl (C=O) groups excluding carboxylic acids is 2. The summed E-state index contributed by atoms with van der Waals surface area (Å²) in [4.78, 5) is 27.6. The summed E-state index contributed by atoms with van der Waals surface area (Å²) in [6, 6.07) is 4.88. The molecule has 1 aromatic carbocycles. The molecule has 7 heteroatoms. The van der Waals surface area contributed by atoms with Crippen molar-refractivity contribution < 1.29 is 14.3 Å². The van der Waals surface area contributed by atoms with Gasteiger partial charge in [0.2, 0.25) is 0 Å². The molecule has 0 bridgehead atoms. The average molecular weight is 307 g/mol. The lowest BCUT2D eigenvalue weighted by Crippen LogP contribution is -2.34. The van der Waals surface area contributed by atoms with Gasteiger partial charge in [-0.1, -0.05) is 11.3 Å². The summed E-state index contributed by atoms with van der Waals surface area (Å²) in [7, 11) is 0. The van der Waals surface area contributed by atoms with E-state index in [1.165, 1.54) is 11.3 Å². The number of ether oxygens (including phenoxy) is 1. The first-order valence-electron chi connectivity index (χ1n) is 6.65. The number of rotatable bonds is 4. The highest BCUT2D eigenvalue weighted by Gasteiger charge is 2.12. The third-order valence-corrected chi connectivity index (χ3v) is 3.47. The number of thiazole rings is 1. The molecule has 0 saturated carbocycles. The molecule has 0 fully saturated rings. The zero-order chi connectivity index (χ0) is 15.4. The van der Waals surface area contributed by atoms with Crippen LogP contribution in [0.3, 0.4) is 0 Å². The third kappa shape index (κ3) is 3.91. The van der Waals surface area contributed by atoms with Crippen molar-refractivity contribution in [3.05, 3.63) is 23.8 Å². The lowest BCUT2D eigenvalue weighted by molar-refractivity contribution is 0.0526. The molecule has 0 aliphatic heterocycles. The Labute approximate surface area is 126 Å². The predicted octanol–water partition coefficient (Wildman–Crippen LogP) is 3.00. The van der Waals surface area contributed by atoms with E-state index in [1.54, 1.807) is 25.1 Å². The molecule has 2 amide bonds. The van der Waals surface area contributed by atoms with Crippen LogP contribution >= 0.6 is 11.3 Å². The molecule has 0 aliphatic rings. The first-order chi connectivity index (χ1) is 9.99. The van der Waals surface area contributed by atoms with Crippen LogP contribution in [0.2, 0.25) is 0 Å². The molecule has 2 aromatic rings. The van der Waals surface area contributed by atoms with Crippen molar-refractivity contribution in [1.29, 1.82) is 0 Å². The number of nitrogens with one attached hydrogen (secondary N) is 2. The van der Waals surface area contributed by atoms with Crippen LogP contribution in [0.4, 0.5) is 9.93 Å². The summed E-state index contributed by atoms with van der Waals surface area (Å²) in [5.41, 5.74) is 1.21. The van der Waals surface area contributed by atoms with Crippen LogP contribution in [0.15, 0.2) is 18.2 Å². The maximum absolute atomic E-state index is 11.7. The second-order valence-electron chi connectivity index (χ2n) is 4.68. The number of carbonyl (C=O) groups is 2. The molecular weight excluding hydrogens is 290 g/mol. The molecule has 112 valence electrons. The molecule has 1 aromatic heterocycles. The number of amides is 2. The van der Waals surface area contributed by atoms with Gasteiger partial charge in [0.15, 0.2) is 5.13 Å². The highest BCUT2D eigenvalue weighted by Crippen LogP contribution is 2.27. The quantitative estimate of drug-likeness (QED) is 0.851.